The van der Waals surface area contributed by atoms with E-state index in [0.717, 1.165) is 11.1 Å². The van der Waals surface area contributed by atoms with Gasteiger partial charge in [0.2, 0.25) is 11.8 Å². The Hall–Kier alpha value is -5.91. The number of carbonyl (C=O) groups excluding carboxylic acids is 5. The zero-order valence-electron chi connectivity index (χ0n) is 41.4. The van der Waals surface area contributed by atoms with Gasteiger partial charge in [-0.3, -0.25) is 20.2 Å². The monoisotopic (exact) mass is 1030 g/mol. The molecule has 3 heterocycles. The van der Waals surface area contributed by atoms with Crippen LogP contribution in [0, 0.1) is 11.8 Å². The molecular formula is C48H68ClN9O12S. The molecule has 0 radical (unpaired) electrons. The number of hydrogen-bond acceptors (Lipinski definition) is 14. The smallest absolute Gasteiger partial charge is 0.412 e. The van der Waals surface area contributed by atoms with E-state index in [0.29, 0.717) is 30.0 Å². The Balaban J connectivity index is 1.38. The maximum absolute atomic E-state index is 13.8. The van der Waals surface area contributed by atoms with Gasteiger partial charge in [0.1, 0.15) is 53.0 Å². The Labute approximate surface area is 424 Å². The number of aliphatic hydroxyl groups is 2. The summed E-state index contributed by atoms with van der Waals surface area (Å²) in [5, 5.41) is 43.3. The van der Waals surface area contributed by atoms with E-state index in [4.69, 9.17) is 53.2 Å². The summed E-state index contributed by atoms with van der Waals surface area (Å²) in [7, 11) is 6.18. The van der Waals surface area contributed by atoms with Crippen LogP contribution in [0.3, 0.4) is 0 Å². The lowest BCUT2D eigenvalue weighted by atomic mass is 9.83. The van der Waals surface area contributed by atoms with Gasteiger partial charge >= 0.3 is 18.2 Å². The van der Waals surface area contributed by atoms with Crippen LogP contribution in [0.2, 0.25) is 5.02 Å². The third-order valence-corrected chi connectivity index (χ3v) is 13.5. The Morgan fingerprint density at radius 3 is 2.38 bits per heavy atom. The number of amides is 6. The fourth-order valence-corrected chi connectivity index (χ4v) is 9.12. The number of rotatable bonds is 14. The van der Waals surface area contributed by atoms with Crippen LogP contribution in [0.25, 0.3) is 0 Å². The van der Waals surface area contributed by atoms with Crippen molar-refractivity contribution in [2.24, 2.45) is 17.6 Å². The first-order chi connectivity index (χ1) is 33.5. The van der Waals surface area contributed by atoms with Crippen LogP contribution in [-0.4, -0.2) is 134 Å². The van der Waals surface area contributed by atoms with Gasteiger partial charge in [0.25, 0.3) is 0 Å². The first-order valence-corrected chi connectivity index (χ1v) is 24.0. The standard InChI is InChI=1S/C48H68ClN9O12S/c1-25(2)39(56-44(71)51-6)42(61)55-31(13-11-19-52-43(50)62)41(60)53-29-15-17-30(18-16-29)54-45(63)69-36-23-37(59)58(7)32-21-28(22-33(66-8)38(32)49)20-26(3)12-10-14-35(67-9)48(65)24-34(68-46(64)57-48)27(4)40-47(36,5)70-40/h10,12,14-18,21-22,25,27,31,34-37,39-40,59,65H,11,13,19-20,23-24H2,1-9H3,(H,53,60)(H,54,63)(H,55,61)(H,57,64)(H3,50,52,62)(H2,51,56,71)/b14-10+,26-12+/t27-,31+,34+,35-,36+,37?,39+,40+,47+,48+/m1/s1. The van der Waals surface area contributed by atoms with Crippen LogP contribution in [-0.2, 0) is 35.0 Å². The van der Waals surface area contributed by atoms with Crippen molar-refractivity contribution in [1.29, 1.82) is 0 Å². The number of methoxy groups -OCH3 is 2. The average Bonchev–Trinajstić information content (AvgIpc) is 4.01. The number of thiocarbonyl (C=S) groups is 1. The quantitative estimate of drug-likeness (QED) is 0.0723. The summed E-state index contributed by atoms with van der Waals surface area (Å²) in [5.41, 5.74) is 4.91. The number of epoxide rings is 1. The number of urea groups is 1. The van der Waals surface area contributed by atoms with Crippen LogP contribution in [0.4, 0.5) is 31.4 Å². The van der Waals surface area contributed by atoms with E-state index in [1.807, 2.05) is 32.9 Å². The number of primary amides is 1. The predicted molar refractivity (Wildman–Crippen MR) is 271 cm³/mol. The first kappa shape index (κ1) is 56.0. The van der Waals surface area contributed by atoms with E-state index in [1.54, 1.807) is 63.2 Å². The molecule has 2 saturated heterocycles. The number of ether oxygens (including phenoxy) is 5. The van der Waals surface area contributed by atoms with Crippen molar-refractivity contribution >= 4 is 76.0 Å². The predicted octanol–water partition coefficient (Wildman–Crippen LogP) is 4.16. The summed E-state index contributed by atoms with van der Waals surface area (Å²) in [6, 6.07) is 7.27. The maximum Gasteiger partial charge on any atom is 0.412 e. The summed E-state index contributed by atoms with van der Waals surface area (Å²) in [4.78, 5) is 66.8. The SMILES string of the molecule is CNC(=S)N[C@H](C(=O)N[C@@H](CCCNC(N)=O)C(=O)Nc1ccc(NC(=O)O[C@H]2CC(O)N(C)c3cc(cc(OC)c3Cl)C/C(C)=C/C=C/[C@@H](OC)[C@@]3(O)C[C@H](OC(=O)N3)[C@@H](C)[C@@H]3O[C@@]23C)cc1)C(C)C. The van der Waals surface area contributed by atoms with E-state index in [2.05, 4.69) is 37.2 Å². The number of aliphatic hydroxyl groups excluding tert-OH is 1. The second-order valence-corrected chi connectivity index (χ2v) is 19.3. The second-order valence-electron chi connectivity index (χ2n) is 18.5. The maximum atomic E-state index is 13.8. The number of nitrogens with one attached hydrogen (secondary N) is 7. The highest BCUT2D eigenvalue weighted by atomic mass is 35.5. The van der Waals surface area contributed by atoms with Gasteiger partial charge in [0, 0.05) is 57.9 Å². The number of hydrogen-bond donors (Lipinski definition) is 10. The van der Waals surface area contributed by atoms with Crippen molar-refractivity contribution in [3.8, 4) is 5.75 Å². The number of allylic oxidation sites excluding steroid dienone is 3. The number of benzene rings is 2. The third kappa shape index (κ3) is 14.6. The summed E-state index contributed by atoms with van der Waals surface area (Å²) >= 11 is 12.1. The lowest BCUT2D eigenvalue weighted by molar-refractivity contribution is -0.142. The fraction of sp³-hybridized carbons (Fsp3) is 0.542. The van der Waals surface area contributed by atoms with Gasteiger partial charge in [-0.25, -0.2) is 14.4 Å². The van der Waals surface area contributed by atoms with Crippen LogP contribution < -0.4 is 52.6 Å². The molecule has 71 heavy (non-hydrogen) atoms. The van der Waals surface area contributed by atoms with Crippen molar-refractivity contribution in [1.82, 2.24) is 26.6 Å². The summed E-state index contributed by atoms with van der Waals surface area (Å²) in [6.45, 7) is 9.27. The molecule has 2 fully saturated rings. The number of anilines is 3. The van der Waals surface area contributed by atoms with Gasteiger partial charge in [-0.2, -0.15) is 0 Å². The molecule has 11 N–H and O–H groups in total. The largest absolute Gasteiger partial charge is 0.495 e. The van der Waals surface area contributed by atoms with Gasteiger partial charge in [0.05, 0.1) is 18.9 Å². The van der Waals surface area contributed by atoms with Gasteiger partial charge in [0.15, 0.2) is 10.8 Å². The number of nitrogens with zero attached hydrogens (tertiary/aromatic N) is 1. The molecule has 390 valence electrons. The number of halogens is 1. The van der Waals surface area contributed by atoms with E-state index in [-0.39, 0.29) is 47.5 Å². The molecule has 23 heteroatoms. The highest BCUT2D eigenvalue weighted by Crippen LogP contribution is 2.49. The molecule has 3 aliphatic rings. The summed E-state index contributed by atoms with van der Waals surface area (Å²) in [6.07, 6.45) is -0.829. The molecule has 10 atom stereocenters. The van der Waals surface area contributed by atoms with Crippen molar-refractivity contribution in [2.75, 3.05) is 50.4 Å². The normalized spacial score (nSPS) is 27.4. The molecular weight excluding hydrogens is 962 g/mol. The van der Waals surface area contributed by atoms with Gasteiger partial charge in [-0.05, 0) is 93.2 Å². The highest BCUT2D eigenvalue weighted by Gasteiger charge is 2.64. The Bertz CT molecular complexity index is 2320. The van der Waals surface area contributed by atoms with E-state index >= 15 is 0 Å². The van der Waals surface area contributed by atoms with E-state index in [9.17, 15) is 34.2 Å². The van der Waals surface area contributed by atoms with Gasteiger partial charge in [-0.1, -0.05) is 56.2 Å². The zero-order chi connectivity index (χ0) is 52.4. The fourth-order valence-electron chi connectivity index (χ4n) is 8.68. The van der Waals surface area contributed by atoms with Gasteiger partial charge in [-0.15, -0.1) is 0 Å². The van der Waals surface area contributed by atoms with Crippen LogP contribution in [0.1, 0.15) is 65.9 Å². The first-order valence-electron chi connectivity index (χ1n) is 23.3. The third-order valence-electron chi connectivity index (χ3n) is 12.8. The molecule has 2 aromatic rings. The summed E-state index contributed by atoms with van der Waals surface area (Å²) < 4.78 is 29.4. The minimum atomic E-state index is -1.86. The zero-order valence-corrected chi connectivity index (χ0v) is 43.0. The number of alkyl carbamates (subject to hydrolysis) is 1. The van der Waals surface area contributed by atoms with Gasteiger partial charge < -0.3 is 71.1 Å². The van der Waals surface area contributed by atoms with Crippen LogP contribution >= 0.6 is 23.8 Å². The molecule has 3 aliphatic heterocycles. The minimum absolute atomic E-state index is 0.0782. The molecule has 1 unspecified atom stereocenters. The Morgan fingerprint density at radius 1 is 1.08 bits per heavy atom. The molecule has 21 nitrogen and oxygen atoms in total. The van der Waals surface area contributed by atoms with Crippen molar-refractivity contribution in [2.45, 2.75) is 121 Å². The molecule has 0 aromatic heterocycles. The van der Waals surface area contributed by atoms with Crippen molar-refractivity contribution in [3.05, 3.63) is 70.8 Å². The molecule has 0 aliphatic carbocycles. The van der Waals surface area contributed by atoms with Crippen LogP contribution in [0.5, 0.6) is 5.75 Å². The Morgan fingerprint density at radius 2 is 1.76 bits per heavy atom. The van der Waals surface area contributed by atoms with Crippen LogP contribution in [0.15, 0.2) is 60.2 Å². The number of fused-ring (bicyclic) bond motifs is 5. The molecule has 5 rings (SSSR count). The molecule has 4 bridgehead atoms. The van der Waals surface area contributed by atoms with E-state index in [1.165, 1.54) is 26.4 Å². The summed E-state index contributed by atoms with van der Waals surface area (Å²) in [5.74, 6) is -1.39. The molecule has 0 spiro atoms. The lowest BCUT2D eigenvalue weighted by Crippen LogP contribution is -2.63. The molecule has 2 aromatic carbocycles. The number of nitrogens with two attached hydrogens (primary N) is 1. The number of carbonyl (C=O) groups is 5. The molecule has 0 saturated carbocycles. The second kappa shape index (κ2) is 24.5. The topological polar surface area (TPSA) is 289 Å². The van der Waals surface area contributed by atoms with Crippen molar-refractivity contribution < 1.29 is 57.9 Å². The van der Waals surface area contributed by atoms with E-state index < -0.39 is 90.0 Å². The minimum Gasteiger partial charge on any atom is -0.495 e. The molecule has 6 amide bonds. The Kier molecular flexibility index (Phi) is 19.3. The highest BCUT2D eigenvalue weighted by molar-refractivity contribution is 7.80. The average molecular weight is 1030 g/mol. The lowest BCUT2D eigenvalue weighted by Gasteiger charge is -2.42. The van der Waals surface area contributed by atoms with Crippen molar-refractivity contribution in [3.63, 3.8) is 0 Å².